The van der Waals surface area contributed by atoms with Crippen molar-refractivity contribution in [1.82, 2.24) is 4.57 Å². The van der Waals surface area contributed by atoms with E-state index in [1.807, 2.05) is 41.9 Å². The van der Waals surface area contributed by atoms with Crippen molar-refractivity contribution in [2.24, 2.45) is 7.05 Å². The third-order valence-corrected chi connectivity index (χ3v) is 4.97. The molecule has 4 nitrogen and oxygen atoms in total. The lowest BCUT2D eigenvalue weighted by Crippen LogP contribution is -2.40. The number of fused-ring (bicyclic) bond motifs is 2. The van der Waals surface area contributed by atoms with Gasteiger partial charge in [0.05, 0.1) is 11.3 Å². The lowest BCUT2D eigenvalue weighted by molar-refractivity contribution is 0.0276. The SMILES string of the molecule is CCC(O)(CC)C(=O)c1ccc2n(C)c3ccccc3cc-2c1=O. The van der Waals surface area contributed by atoms with E-state index in [9.17, 15) is 14.7 Å². The molecule has 0 bridgehead atoms. The molecule has 1 aliphatic carbocycles. The molecule has 0 fully saturated rings. The Kier molecular flexibility index (Phi) is 4.01. The van der Waals surface area contributed by atoms with E-state index in [4.69, 9.17) is 0 Å². The Morgan fingerprint density at radius 2 is 1.79 bits per heavy atom. The van der Waals surface area contributed by atoms with Gasteiger partial charge in [0.25, 0.3) is 0 Å². The number of carbonyl (C=O) groups excluding carboxylic acids is 1. The minimum Gasteiger partial charge on any atom is -0.382 e. The predicted molar refractivity (Wildman–Crippen MR) is 95.7 cm³/mol. The van der Waals surface area contributed by atoms with E-state index in [-0.39, 0.29) is 23.8 Å². The van der Waals surface area contributed by atoms with Crippen LogP contribution in [-0.2, 0) is 7.05 Å². The van der Waals surface area contributed by atoms with E-state index >= 15 is 0 Å². The molecule has 24 heavy (non-hydrogen) atoms. The minimum absolute atomic E-state index is 0.0592. The summed E-state index contributed by atoms with van der Waals surface area (Å²) in [4.78, 5) is 25.6. The second kappa shape index (κ2) is 5.87. The van der Waals surface area contributed by atoms with Crippen molar-refractivity contribution < 1.29 is 9.90 Å². The number of rotatable bonds is 4. The highest BCUT2D eigenvalue weighted by Gasteiger charge is 2.34. The largest absolute Gasteiger partial charge is 0.382 e. The number of hydrogen-bond acceptors (Lipinski definition) is 3. The Bertz CT molecular complexity index is 951. The first kappa shape index (κ1) is 16.4. The number of aliphatic hydroxyl groups is 1. The Hall–Kier alpha value is -2.46. The molecule has 1 N–H and O–H groups in total. The van der Waals surface area contributed by atoms with Crippen LogP contribution in [-0.4, -0.2) is 21.1 Å². The molecule has 0 spiro atoms. The number of ketones is 1. The van der Waals surface area contributed by atoms with Crippen LogP contribution in [0.1, 0.15) is 37.0 Å². The maximum Gasteiger partial charge on any atom is 0.198 e. The molecule has 0 radical (unpaired) electrons. The zero-order valence-electron chi connectivity index (χ0n) is 14.2. The Balaban J connectivity index is 2.29. The van der Waals surface area contributed by atoms with Gasteiger partial charge >= 0.3 is 0 Å². The summed E-state index contributed by atoms with van der Waals surface area (Å²) in [7, 11) is 1.90. The van der Waals surface area contributed by atoms with Gasteiger partial charge in [0.1, 0.15) is 5.60 Å². The highest BCUT2D eigenvalue weighted by Crippen LogP contribution is 2.27. The third-order valence-electron chi connectivity index (χ3n) is 4.97. The zero-order chi connectivity index (χ0) is 17.5. The van der Waals surface area contributed by atoms with Crippen LogP contribution in [0.5, 0.6) is 0 Å². The predicted octanol–water partition coefficient (Wildman–Crippen LogP) is 3.38. The number of nitrogens with zero attached hydrogens (tertiary/aromatic N) is 1. The summed E-state index contributed by atoms with van der Waals surface area (Å²) in [6, 6.07) is 12.9. The van der Waals surface area contributed by atoms with E-state index in [2.05, 4.69) is 0 Å². The quantitative estimate of drug-likeness (QED) is 0.591. The molecule has 0 unspecified atom stereocenters. The van der Waals surface area contributed by atoms with E-state index in [0.717, 1.165) is 16.6 Å². The van der Waals surface area contributed by atoms with Gasteiger partial charge in [0, 0.05) is 18.1 Å². The second-order valence-electron chi connectivity index (χ2n) is 6.21. The van der Waals surface area contributed by atoms with Gasteiger partial charge in [0.15, 0.2) is 11.2 Å². The van der Waals surface area contributed by atoms with Gasteiger partial charge in [-0.05, 0) is 42.5 Å². The monoisotopic (exact) mass is 323 g/mol. The van der Waals surface area contributed by atoms with Crippen LogP contribution in [0.4, 0.5) is 0 Å². The smallest absolute Gasteiger partial charge is 0.198 e. The van der Waals surface area contributed by atoms with Crippen LogP contribution < -0.4 is 5.43 Å². The van der Waals surface area contributed by atoms with E-state index in [0.29, 0.717) is 5.56 Å². The number of pyridine rings is 1. The summed E-state index contributed by atoms with van der Waals surface area (Å²) < 4.78 is 1.95. The molecule has 1 aromatic rings. The number of aromatic nitrogens is 1. The Labute approximate surface area is 140 Å². The van der Waals surface area contributed by atoms with E-state index in [1.165, 1.54) is 6.07 Å². The summed E-state index contributed by atoms with van der Waals surface area (Å²) in [5, 5.41) is 11.4. The normalized spacial score (nSPS) is 12.0. The molecule has 0 saturated heterocycles. The van der Waals surface area contributed by atoms with Crippen molar-refractivity contribution >= 4 is 16.7 Å². The molecule has 1 aromatic carbocycles. The third kappa shape index (κ3) is 2.34. The summed E-state index contributed by atoms with van der Waals surface area (Å²) in [5.74, 6) is -0.491. The Morgan fingerprint density at radius 3 is 2.46 bits per heavy atom. The van der Waals surface area contributed by atoms with E-state index < -0.39 is 11.4 Å². The van der Waals surface area contributed by atoms with Gasteiger partial charge in [0.2, 0.25) is 0 Å². The summed E-state index contributed by atoms with van der Waals surface area (Å²) >= 11 is 0. The fourth-order valence-corrected chi connectivity index (χ4v) is 3.22. The van der Waals surface area contributed by atoms with Crippen LogP contribution in [0.3, 0.4) is 0 Å². The van der Waals surface area contributed by atoms with Crippen molar-refractivity contribution in [2.75, 3.05) is 0 Å². The number of para-hydroxylation sites is 1. The number of Topliss-reactive ketones (excluding diaryl/α,β-unsaturated/α-hetero) is 1. The van der Waals surface area contributed by atoms with Crippen LogP contribution >= 0.6 is 0 Å². The van der Waals surface area contributed by atoms with Crippen molar-refractivity contribution in [3.05, 3.63) is 58.3 Å². The first-order chi connectivity index (χ1) is 11.4. The van der Waals surface area contributed by atoms with E-state index in [1.54, 1.807) is 19.9 Å². The zero-order valence-corrected chi connectivity index (χ0v) is 14.2. The molecule has 4 heteroatoms. The molecular weight excluding hydrogens is 302 g/mol. The van der Waals surface area contributed by atoms with Crippen molar-refractivity contribution in [2.45, 2.75) is 32.3 Å². The number of benzene rings is 2. The molecule has 3 rings (SSSR count). The standard InChI is InChI=1S/C20H21NO3/c1-4-20(24,5-2)19(23)14-10-11-17-15(18(14)22)12-13-8-6-7-9-16(13)21(17)3/h6-12,24H,4-5H2,1-3H3. The first-order valence-corrected chi connectivity index (χ1v) is 8.21. The van der Waals surface area contributed by atoms with Crippen LogP contribution in [0.15, 0.2) is 47.3 Å². The van der Waals surface area contributed by atoms with Gasteiger partial charge < -0.3 is 9.67 Å². The van der Waals surface area contributed by atoms with Crippen molar-refractivity contribution in [1.29, 1.82) is 0 Å². The molecular formula is C20H21NO3. The number of carbonyl (C=O) groups is 1. The topological polar surface area (TPSA) is 59.3 Å². The fourth-order valence-electron chi connectivity index (χ4n) is 3.22. The van der Waals surface area contributed by atoms with Gasteiger partial charge in [-0.15, -0.1) is 0 Å². The van der Waals surface area contributed by atoms with Crippen molar-refractivity contribution in [3.63, 3.8) is 0 Å². The average Bonchev–Trinajstić information content (AvgIpc) is 2.61. The van der Waals surface area contributed by atoms with Gasteiger partial charge in [-0.25, -0.2) is 0 Å². The molecule has 0 amide bonds. The summed E-state index contributed by atoms with van der Waals surface area (Å²) in [6.45, 7) is 3.50. The molecule has 1 aliphatic heterocycles. The second-order valence-corrected chi connectivity index (χ2v) is 6.21. The molecule has 0 saturated carbocycles. The highest BCUT2D eigenvalue weighted by atomic mass is 16.3. The summed E-state index contributed by atoms with van der Waals surface area (Å²) in [6.07, 6.45) is 0.566. The van der Waals surface area contributed by atoms with Gasteiger partial charge in [-0.2, -0.15) is 0 Å². The molecule has 1 heterocycles. The maximum atomic E-state index is 12.9. The highest BCUT2D eigenvalue weighted by molar-refractivity contribution is 6.03. The number of aryl methyl sites for hydroxylation is 1. The average molecular weight is 323 g/mol. The molecule has 124 valence electrons. The number of hydrogen-bond donors (Lipinski definition) is 1. The Morgan fingerprint density at radius 1 is 1.12 bits per heavy atom. The fraction of sp³-hybridized carbons (Fsp3) is 0.300. The molecule has 0 aromatic heterocycles. The first-order valence-electron chi connectivity index (χ1n) is 8.21. The summed E-state index contributed by atoms with van der Waals surface area (Å²) in [5.41, 5.74) is 0.542. The lowest BCUT2D eigenvalue weighted by atomic mass is 9.86. The maximum absolute atomic E-state index is 12.9. The van der Waals surface area contributed by atoms with Crippen LogP contribution in [0.25, 0.3) is 22.2 Å². The lowest BCUT2D eigenvalue weighted by Gasteiger charge is -2.24. The van der Waals surface area contributed by atoms with Crippen LogP contribution in [0, 0.1) is 0 Å². The van der Waals surface area contributed by atoms with Crippen molar-refractivity contribution in [3.8, 4) is 11.3 Å². The molecule has 0 atom stereocenters. The van der Waals surface area contributed by atoms with Crippen LogP contribution in [0.2, 0.25) is 0 Å². The molecule has 2 aliphatic rings. The van der Waals surface area contributed by atoms with Gasteiger partial charge in [-0.3, -0.25) is 9.59 Å². The van der Waals surface area contributed by atoms with Gasteiger partial charge in [-0.1, -0.05) is 32.0 Å². The minimum atomic E-state index is -1.48.